The Labute approximate surface area is 173 Å². The number of aromatic nitrogens is 7. The lowest BCUT2D eigenvalue weighted by Crippen LogP contribution is -2.06. The largest absolute Gasteiger partial charge is 0.467 e. The molecule has 0 saturated heterocycles. The Morgan fingerprint density at radius 2 is 2.03 bits per heavy atom. The summed E-state index contributed by atoms with van der Waals surface area (Å²) in [5.74, 6) is 3.14. The number of nitrogens with zero attached hydrogens (tertiary/aromatic N) is 7. The van der Waals surface area contributed by atoms with Gasteiger partial charge in [-0.2, -0.15) is 0 Å². The number of furan rings is 1. The van der Waals surface area contributed by atoms with Gasteiger partial charge in [-0.05, 0) is 42.0 Å². The van der Waals surface area contributed by atoms with Gasteiger partial charge in [0.15, 0.2) is 16.8 Å². The molecular weight excluding hydrogens is 386 g/mol. The summed E-state index contributed by atoms with van der Waals surface area (Å²) in [6.45, 7) is 5.62. The average molecular weight is 410 g/mol. The number of thioether (sulfide) groups is 1. The van der Waals surface area contributed by atoms with Crippen molar-refractivity contribution in [2.45, 2.75) is 50.7 Å². The highest BCUT2D eigenvalue weighted by Gasteiger charge is 2.17. The van der Waals surface area contributed by atoms with Crippen LogP contribution in [0.25, 0.3) is 11.4 Å². The van der Waals surface area contributed by atoms with E-state index in [0.717, 1.165) is 47.5 Å². The number of benzene rings is 1. The Morgan fingerprint density at radius 1 is 1.10 bits per heavy atom. The van der Waals surface area contributed by atoms with E-state index in [1.807, 2.05) is 22.9 Å². The summed E-state index contributed by atoms with van der Waals surface area (Å²) in [6, 6.07) is 12.1. The van der Waals surface area contributed by atoms with Crippen LogP contribution in [0.2, 0.25) is 0 Å². The Balaban J connectivity index is 1.60. The fourth-order valence-electron chi connectivity index (χ4n) is 3.03. The van der Waals surface area contributed by atoms with Crippen LogP contribution in [0.5, 0.6) is 0 Å². The van der Waals surface area contributed by atoms with E-state index in [9.17, 15) is 0 Å². The van der Waals surface area contributed by atoms with Gasteiger partial charge in [-0.15, -0.1) is 15.3 Å². The van der Waals surface area contributed by atoms with Gasteiger partial charge in [-0.3, -0.25) is 4.57 Å². The summed E-state index contributed by atoms with van der Waals surface area (Å²) < 4.78 is 9.52. The van der Waals surface area contributed by atoms with Crippen LogP contribution in [0.3, 0.4) is 0 Å². The van der Waals surface area contributed by atoms with Crippen LogP contribution < -0.4 is 0 Å². The zero-order valence-electron chi connectivity index (χ0n) is 16.5. The van der Waals surface area contributed by atoms with Gasteiger partial charge < -0.3 is 4.42 Å². The topological polar surface area (TPSA) is 87.5 Å². The minimum absolute atomic E-state index is 0.562. The first-order valence-electron chi connectivity index (χ1n) is 9.65. The molecule has 0 atom stereocenters. The number of hydrogen-bond donors (Lipinski definition) is 0. The standard InChI is InChI=1S/C20H23N7OS/c1-3-4-10-27-18(21-24-25-27)14-29-20-23-22-19(16-8-5-7-15(2)12-16)26(20)13-17-9-6-11-28-17/h5-9,11-12H,3-4,10,13-14H2,1-2H3. The molecule has 0 radical (unpaired) electrons. The second-order valence-corrected chi connectivity index (χ2v) is 7.74. The highest BCUT2D eigenvalue weighted by Crippen LogP contribution is 2.27. The summed E-state index contributed by atoms with van der Waals surface area (Å²) >= 11 is 1.58. The second-order valence-electron chi connectivity index (χ2n) is 6.80. The SMILES string of the molecule is CCCCn1nnnc1CSc1nnc(-c2cccc(C)c2)n1Cc1ccco1. The molecule has 0 bridgehead atoms. The average Bonchev–Trinajstić information content (AvgIpc) is 3.47. The summed E-state index contributed by atoms with van der Waals surface area (Å²) in [4.78, 5) is 0. The minimum Gasteiger partial charge on any atom is -0.467 e. The van der Waals surface area contributed by atoms with Gasteiger partial charge in [0.1, 0.15) is 5.76 Å². The Kier molecular flexibility index (Phi) is 6.04. The zero-order valence-corrected chi connectivity index (χ0v) is 17.3. The molecule has 0 aliphatic carbocycles. The van der Waals surface area contributed by atoms with E-state index in [1.54, 1.807) is 18.0 Å². The monoisotopic (exact) mass is 409 g/mol. The molecule has 0 amide bonds. The fourth-order valence-corrected chi connectivity index (χ4v) is 3.90. The molecule has 4 aromatic rings. The lowest BCUT2D eigenvalue weighted by atomic mass is 10.1. The number of tetrazole rings is 1. The van der Waals surface area contributed by atoms with E-state index < -0.39 is 0 Å². The molecular formula is C20H23N7OS. The smallest absolute Gasteiger partial charge is 0.192 e. The van der Waals surface area contributed by atoms with Crippen LogP contribution in [-0.2, 0) is 18.8 Å². The van der Waals surface area contributed by atoms with Gasteiger partial charge in [0.25, 0.3) is 0 Å². The number of unbranched alkanes of at least 4 members (excludes halogenated alkanes) is 1. The molecule has 0 fully saturated rings. The molecule has 1 aromatic carbocycles. The van der Waals surface area contributed by atoms with Gasteiger partial charge in [0.05, 0.1) is 18.6 Å². The van der Waals surface area contributed by atoms with Crippen LogP contribution in [0, 0.1) is 6.92 Å². The maximum Gasteiger partial charge on any atom is 0.192 e. The first-order chi connectivity index (χ1) is 14.2. The maximum absolute atomic E-state index is 5.57. The molecule has 0 spiro atoms. The van der Waals surface area contributed by atoms with E-state index >= 15 is 0 Å². The van der Waals surface area contributed by atoms with E-state index in [-0.39, 0.29) is 0 Å². The van der Waals surface area contributed by atoms with Gasteiger partial charge in [-0.1, -0.05) is 48.9 Å². The first kappa shape index (κ1) is 19.4. The van der Waals surface area contributed by atoms with Crippen molar-refractivity contribution < 1.29 is 4.42 Å². The van der Waals surface area contributed by atoms with Gasteiger partial charge >= 0.3 is 0 Å². The summed E-state index contributed by atoms with van der Waals surface area (Å²) in [5, 5.41) is 21.8. The van der Waals surface area contributed by atoms with E-state index in [0.29, 0.717) is 12.3 Å². The summed E-state index contributed by atoms with van der Waals surface area (Å²) in [5.41, 5.74) is 2.21. The number of rotatable bonds is 9. The normalized spacial score (nSPS) is 11.2. The third-order valence-corrected chi connectivity index (χ3v) is 5.51. The molecule has 150 valence electrons. The van der Waals surface area contributed by atoms with E-state index in [4.69, 9.17) is 4.42 Å². The molecule has 4 rings (SSSR count). The molecule has 0 aliphatic heterocycles. The van der Waals surface area contributed by atoms with Gasteiger partial charge in [0.2, 0.25) is 0 Å². The molecule has 3 aromatic heterocycles. The third kappa shape index (κ3) is 4.56. The molecule has 0 unspecified atom stereocenters. The Bertz CT molecular complexity index is 1050. The Hall–Kier alpha value is -2.94. The van der Waals surface area contributed by atoms with Crippen molar-refractivity contribution in [3.8, 4) is 11.4 Å². The van der Waals surface area contributed by atoms with Crippen molar-refractivity contribution in [1.29, 1.82) is 0 Å². The van der Waals surface area contributed by atoms with Crippen LogP contribution in [0.15, 0.2) is 52.2 Å². The second kappa shape index (κ2) is 9.04. The number of hydrogen-bond acceptors (Lipinski definition) is 7. The lowest BCUT2D eigenvalue weighted by Gasteiger charge is -2.09. The Morgan fingerprint density at radius 3 is 2.83 bits per heavy atom. The first-order valence-corrected chi connectivity index (χ1v) is 10.6. The van der Waals surface area contributed by atoms with E-state index in [1.165, 1.54) is 5.56 Å². The highest BCUT2D eigenvalue weighted by atomic mass is 32.2. The van der Waals surface area contributed by atoms with Crippen LogP contribution >= 0.6 is 11.8 Å². The molecule has 8 nitrogen and oxygen atoms in total. The molecule has 0 N–H and O–H groups in total. The fraction of sp³-hybridized carbons (Fsp3) is 0.350. The van der Waals surface area contributed by atoms with Gasteiger partial charge in [0, 0.05) is 12.1 Å². The molecule has 9 heteroatoms. The summed E-state index contributed by atoms with van der Waals surface area (Å²) in [6.07, 6.45) is 3.83. The van der Waals surface area contributed by atoms with Crippen LogP contribution in [-0.4, -0.2) is 35.0 Å². The third-order valence-electron chi connectivity index (χ3n) is 4.55. The van der Waals surface area contributed by atoms with Crippen molar-refractivity contribution in [3.63, 3.8) is 0 Å². The zero-order chi connectivity index (χ0) is 20.1. The quantitative estimate of drug-likeness (QED) is 0.386. The summed E-state index contributed by atoms with van der Waals surface area (Å²) in [7, 11) is 0. The van der Waals surface area contributed by atoms with E-state index in [2.05, 4.69) is 62.3 Å². The van der Waals surface area contributed by atoms with Crippen molar-refractivity contribution in [1.82, 2.24) is 35.0 Å². The highest BCUT2D eigenvalue weighted by molar-refractivity contribution is 7.98. The molecule has 0 saturated carbocycles. The minimum atomic E-state index is 0.562. The molecule has 3 heterocycles. The van der Waals surface area contributed by atoms with Crippen molar-refractivity contribution in [2.24, 2.45) is 0 Å². The predicted molar refractivity (Wildman–Crippen MR) is 110 cm³/mol. The van der Waals surface area contributed by atoms with Crippen LogP contribution in [0.1, 0.15) is 36.9 Å². The molecule has 0 aliphatic rings. The van der Waals surface area contributed by atoms with Crippen molar-refractivity contribution in [2.75, 3.05) is 0 Å². The predicted octanol–water partition coefficient (Wildman–Crippen LogP) is 3.97. The lowest BCUT2D eigenvalue weighted by molar-refractivity contribution is 0.485. The van der Waals surface area contributed by atoms with Crippen molar-refractivity contribution >= 4 is 11.8 Å². The number of aryl methyl sites for hydroxylation is 2. The maximum atomic E-state index is 5.57. The van der Waals surface area contributed by atoms with Crippen LogP contribution in [0.4, 0.5) is 0 Å². The molecule has 29 heavy (non-hydrogen) atoms. The van der Waals surface area contributed by atoms with Crippen molar-refractivity contribution in [3.05, 3.63) is 59.8 Å². The van der Waals surface area contributed by atoms with Gasteiger partial charge in [-0.25, -0.2) is 4.68 Å².